The molecule has 0 aromatic heterocycles. The van der Waals surface area contributed by atoms with E-state index in [9.17, 15) is 0 Å². The van der Waals surface area contributed by atoms with Gasteiger partial charge >= 0.3 is 224 Å². The maximum atomic E-state index is 2.49. The molecule has 0 bridgehead atoms. The van der Waals surface area contributed by atoms with E-state index in [1.165, 1.54) is 27.8 Å². The van der Waals surface area contributed by atoms with Crippen molar-refractivity contribution in [3.8, 4) is 11.1 Å². The molecule has 190 valence electrons. The van der Waals surface area contributed by atoms with Gasteiger partial charge in [0, 0.05) is 0 Å². The minimum Gasteiger partial charge on any atom is -1.00 e. The molecular weight excluding hydrogens is 583 g/mol. The third kappa shape index (κ3) is 5.40. The summed E-state index contributed by atoms with van der Waals surface area (Å²) in [6.45, 7) is 4.93. The van der Waals surface area contributed by atoms with Gasteiger partial charge in [-0.2, -0.15) is 0 Å². The Kier molecular flexibility index (Phi) is 9.59. The van der Waals surface area contributed by atoms with Crippen molar-refractivity contribution >= 4 is 6.48 Å². The van der Waals surface area contributed by atoms with E-state index < -0.39 is 21.3 Å². The van der Waals surface area contributed by atoms with Crippen LogP contribution in [0.15, 0.2) is 125 Å². The standard InChI is InChI=1S/C17H18.C13H9.C5H5.2ClH.Zr/c1-14(16-9-5-3-6-10-16)13-15(2)17-11-7-4-8-12-17;1-3-7-12-10(5-1)9-11-6-2-4-8-13(11)12;1-2-4-5-3-1;;;/h3-12,14-15H,1-2H3;1-5,7-8H,9H2;1-3H,4H2;2*1H;/q;;;;;+2/p-2. The number of halogens is 2. The van der Waals surface area contributed by atoms with Gasteiger partial charge in [0.2, 0.25) is 0 Å². The van der Waals surface area contributed by atoms with Gasteiger partial charge in [0.15, 0.2) is 0 Å². The number of fused-ring (bicyclic) bond motifs is 3. The van der Waals surface area contributed by atoms with E-state index in [1.54, 1.807) is 15.3 Å². The molecule has 38 heavy (non-hydrogen) atoms. The van der Waals surface area contributed by atoms with Crippen LogP contribution in [0.1, 0.15) is 54.4 Å². The van der Waals surface area contributed by atoms with Crippen molar-refractivity contribution in [1.29, 1.82) is 0 Å². The van der Waals surface area contributed by atoms with Gasteiger partial charge in [-0.25, -0.2) is 0 Å². The Labute approximate surface area is 247 Å². The molecule has 0 amide bonds. The molecule has 0 spiro atoms. The molecule has 4 aromatic rings. The molecule has 0 heterocycles. The Balaban J connectivity index is 0.00000168. The summed E-state index contributed by atoms with van der Waals surface area (Å²) in [5, 5.41) is 0. The molecule has 3 heteroatoms. The normalized spacial score (nSPS) is 14.1. The predicted molar refractivity (Wildman–Crippen MR) is 151 cm³/mol. The Morgan fingerprint density at radius 2 is 1.24 bits per heavy atom. The van der Waals surface area contributed by atoms with Crippen molar-refractivity contribution < 1.29 is 46.1 Å². The number of hydrogen-bond acceptors (Lipinski definition) is 0. The van der Waals surface area contributed by atoms with Crippen LogP contribution in [0.25, 0.3) is 11.1 Å². The van der Waals surface area contributed by atoms with E-state index in [4.69, 9.17) is 0 Å². The molecule has 0 radical (unpaired) electrons. The zero-order chi connectivity index (χ0) is 24.5. The maximum absolute atomic E-state index is 2.49. The molecule has 6 rings (SSSR count). The first-order chi connectivity index (χ1) is 17.7. The van der Waals surface area contributed by atoms with Crippen LogP contribution in [-0.2, 0) is 27.7 Å². The SMILES string of the molecule is CC([C](C(C)c1ccccc1)=[Zr+2]([C]1=CC=CC1)[c]1cccc2c1Cc1ccccc1-2)c1ccccc1.[Cl-].[Cl-]. The average Bonchev–Trinajstić information content (AvgIpc) is 3.60. The summed E-state index contributed by atoms with van der Waals surface area (Å²) < 4.78 is 5.18. The van der Waals surface area contributed by atoms with Gasteiger partial charge in [-0.05, 0) is 0 Å². The topological polar surface area (TPSA) is 0 Å². The van der Waals surface area contributed by atoms with Crippen LogP contribution in [0, 0.1) is 0 Å². The van der Waals surface area contributed by atoms with Crippen molar-refractivity contribution in [3.63, 3.8) is 0 Å². The van der Waals surface area contributed by atoms with Crippen molar-refractivity contribution in [2.75, 3.05) is 0 Å². The molecule has 2 aliphatic rings. The second-order valence-electron chi connectivity index (χ2n) is 10.1. The average molecular weight is 615 g/mol. The molecule has 4 aromatic carbocycles. The van der Waals surface area contributed by atoms with Gasteiger partial charge in [0.05, 0.1) is 0 Å². The third-order valence-corrected chi connectivity index (χ3v) is 16.5. The van der Waals surface area contributed by atoms with Gasteiger partial charge in [0.25, 0.3) is 0 Å². The fourth-order valence-corrected chi connectivity index (χ4v) is 15.0. The maximum Gasteiger partial charge on any atom is -1.00 e. The first-order valence-electron chi connectivity index (χ1n) is 13.1. The summed E-state index contributed by atoms with van der Waals surface area (Å²) in [7, 11) is 0. The first kappa shape index (κ1) is 28.7. The molecule has 0 nitrogen and oxygen atoms in total. The molecular formula is C35H32Cl2Zr. The second-order valence-corrected chi connectivity index (χ2v) is 16.3. The van der Waals surface area contributed by atoms with Crippen molar-refractivity contribution in [2.45, 2.75) is 38.5 Å². The molecule has 2 atom stereocenters. The zero-order valence-corrected chi connectivity index (χ0v) is 25.8. The van der Waals surface area contributed by atoms with Crippen LogP contribution in [0.5, 0.6) is 0 Å². The largest absolute Gasteiger partial charge is 1.00 e. The third-order valence-electron chi connectivity index (χ3n) is 8.03. The Bertz CT molecular complexity index is 1450. The summed E-state index contributed by atoms with van der Waals surface area (Å²) in [6.07, 6.45) is 9.31. The van der Waals surface area contributed by atoms with Gasteiger partial charge in [-0.3, -0.25) is 0 Å². The Morgan fingerprint density at radius 3 is 1.84 bits per heavy atom. The van der Waals surface area contributed by atoms with E-state index >= 15 is 0 Å². The minimum absolute atomic E-state index is 0. The number of rotatable bonds is 6. The van der Waals surface area contributed by atoms with Crippen molar-refractivity contribution in [3.05, 3.63) is 147 Å². The molecule has 0 saturated heterocycles. The van der Waals surface area contributed by atoms with Crippen LogP contribution in [0.4, 0.5) is 0 Å². The Morgan fingerprint density at radius 1 is 0.658 bits per heavy atom. The van der Waals surface area contributed by atoms with Gasteiger partial charge in [-0.15, -0.1) is 0 Å². The van der Waals surface area contributed by atoms with Gasteiger partial charge < -0.3 is 24.8 Å². The van der Waals surface area contributed by atoms with Crippen LogP contribution < -0.4 is 28.1 Å². The summed E-state index contributed by atoms with van der Waals surface area (Å²) in [5.41, 5.74) is 8.86. The molecule has 0 fully saturated rings. The van der Waals surface area contributed by atoms with E-state index in [1.807, 2.05) is 0 Å². The molecule has 0 saturated carbocycles. The molecule has 2 aliphatic carbocycles. The van der Waals surface area contributed by atoms with Gasteiger partial charge in [0.1, 0.15) is 0 Å². The monoisotopic (exact) mass is 612 g/mol. The summed E-state index contributed by atoms with van der Waals surface area (Å²) >= 11 is -2.49. The number of allylic oxidation sites excluding steroid dienone is 4. The number of hydrogen-bond donors (Lipinski definition) is 0. The van der Waals surface area contributed by atoms with E-state index in [2.05, 4.69) is 135 Å². The molecule has 0 N–H and O–H groups in total. The van der Waals surface area contributed by atoms with E-state index in [0.29, 0.717) is 11.8 Å². The van der Waals surface area contributed by atoms with Crippen LogP contribution in [0.3, 0.4) is 0 Å². The summed E-state index contributed by atoms with van der Waals surface area (Å²) in [4.78, 5) is 0. The first-order valence-corrected chi connectivity index (χ1v) is 16.8. The number of benzene rings is 4. The zero-order valence-electron chi connectivity index (χ0n) is 21.9. The van der Waals surface area contributed by atoms with Crippen molar-refractivity contribution in [2.24, 2.45) is 0 Å². The molecule has 2 unspecified atom stereocenters. The van der Waals surface area contributed by atoms with Gasteiger partial charge in [-0.1, -0.05) is 0 Å². The van der Waals surface area contributed by atoms with E-state index in [-0.39, 0.29) is 24.8 Å². The van der Waals surface area contributed by atoms with Crippen LogP contribution in [-0.4, -0.2) is 3.21 Å². The smallest absolute Gasteiger partial charge is 1.00 e. The molecule has 0 aliphatic heterocycles. The fraction of sp³-hybridized carbons (Fsp3) is 0.171. The second kappa shape index (κ2) is 12.7. The van der Waals surface area contributed by atoms with Crippen molar-refractivity contribution in [1.82, 2.24) is 0 Å². The summed E-state index contributed by atoms with van der Waals surface area (Å²) in [6, 6.07) is 38.6. The van der Waals surface area contributed by atoms with Crippen LogP contribution in [0.2, 0.25) is 0 Å². The quantitative estimate of drug-likeness (QED) is 0.275. The Hall–Kier alpha value is -2.31. The van der Waals surface area contributed by atoms with Crippen LogP contribution >= 0.6 is 0 Å². The van der Waals surface area contributed by atoms with E-state index in [0.717, 1.165) is 12.8 Å². The predicted octanol–water partition coefficient (Wildman–Crippen LogP) is 2.13. The minimum atomic E-state index is -2.49. The summed E-state index contributed by atoms with van der Waals surface area (Å²) in [5.74, 6) is 0.828. The fourth-order valence-electron chi connectivity index (χ4n) is 6.19.